The Morgan fingerprint density at radius 2 is 1.85 bits per heavy atom. The van der Waals surface area contributed by atoms with Crippen LogP contribution in [-0.2, 0) is 6.61 Å². The fraction of sp³-hybridized carbons (Fsp3) is 0.200. The Morgan fingerprint density at radius 3 is 2.61 bits per heavy atom. The molecule has 0 aliphatic carbocycles. The van der Waals surface area contributed by atoms with Gasteiger partial charge in [-0.2, -0.15) is 5.10 Å². The van der Waals surface area contributed by atoms with E-state index in [0.29, 0.717) is 45.6 Å². The summed E-state index contributed by atoms with van der Waals surface area (Å²) in [7, 11) is 1.51. The van der Waals surface area contributed by atoms with Gasteiger partial charge in [0.2, 0.25) is 0 Å². The van der Waals surface area contributed by atoms with Crippen molar-refractivity contribution in [1.82, 2.24) is 5.43 Å². The molecule has 0 spiro atoms. The molecule has 0 saturated carbocycles. The third kappa shape index (κ3) is 6.70. The average Bonchev–Trinajstić information content (AvgIpc) is 2.83. The molecule has 1 N–H and O–H groups in total. The van der Waals surface area contributed by atoms with E-state index in [0.717, 1.165) is 6.42 Å². The van der Waals surface area contributed by atoms with Gasteiger partial charge in [-0.05, 0) is 48.9 Å². The molecular formula is C25H24ClFN2O4. The summed E-state index contributed by atoms with van der Waals surface area (Å²) in [4.78, 5) is 12.5. The largest absolute Gasteiger partial charge is 0.493 e. The van der Waals surface area contributed by atoms with Gasteiger partial charge in [-0.1, -0.05) is 36.7 Å². The van der Waals surface area contributed by atoms with Gasteiger partial charge in [-0.25, -0.2) is 9.82 Å². The lowest BCUT2D eigenvalue weighted by molar-refractivity contribution is 0.0954. The Hall–Kier alpha value is -3.58. The van der Waals surface area contributed by atoms with Crippen LogP contribution in [0.25, 0.3) is 0 Å². The van der Waals surface area contributed by atoms with Gasteiger partial charge in [-0.15, -0.1) is 0 Å². The molecular weight excluding hydrogens is 447 g/mol. The molecule has 3 aromatic rings. The number of rotatable bonds is 10. The van der Waals surface area contributed by atoms with Crippen LogP contribution in [0.2, 0.25) is 5.02 Å². The summed E-state index contributed by atoms with van der Waals surface area (Å²) in [6.07, 6.45) is 2.27. The van der Waals surface area contributed by atoms with E-state index in [1.165, 1.54) is 19.4 Å². The van der Waals surface area contributed by atoms with E-state index in [4.69, 9.17) is 25.8 Å². The van der Waals surface area contributed by atoms with Gasteiger partial charge in [0.15, 0.2) is 11.5 Å². The molecule has 33 heavy (non-hydrogen) atoms. The molecule has 8 heteroatoms. The van der Waals surface area contributed by atoms with Crippen LogP contribution in [-0.4, -0.2) is 25.8 Å². The molecule has 6 nitrogen and oxygen atoms in total. The highest BCUT2D eigenvalue weighted by Gasteiger charge is 2.11. The van der Waals surface area contributed by atoms with Gasteiger partial charge >= 0.3 is 0 Å². The van der Waals surface area contributed by atoms with E-state index in [-0.39, 0.29) is 12.4 Å². The average molecular weight is 471 g/mol. The quantitative estimate of drug-likeness (QED) is 0.308. The van der Waals surface area contributed by atoms with Crippen LogP contribution in [0.5, 0.6) is 17.2 Å². The van der Waals surface area contributed by atoms with Crippen molar-refractivity contribution in [2.24, 2.45) is 5.10 Å². The fourth-order valence-corrected chi connectivity index (χ4v) is 3.07. The van der Waals surface area contributed by atoms with Crippen LogP contribution in [0.15, 0.2) is 65.8 Å². The zero-order chi connectivity index (χ0) is 23.6. The molecule has 0 bridgehead atoms. The normalized spacial score (nSPS) is 10.8. The van der Waals surface area contributed by atoms with Gasteiger partial charge in [0.1, 0.15) is 18.2 Å². The molecule has 0 aliphatic heterocycles. The lowest BCUT2D eigenvalue weighted by Gasteiger charge is -2.11. The summed E-state index contributed by atoms with van der Waals surface area (Å²) in [5.41, 5.74) is 3.77. The predicted molar refractivity (Wildman–Crippen MR) is 126 cm³/mol. The van der Waals surface area contributed by atoms with Crippen LogP contribution in [0, 0.1) is 5.82 Å². The maximum atomic E-state index is 13.9. The molecule has 3 rings (SSSR count). The summed E-state index contributed by atoms with van der Waals surface area (Å²) < 4.78 is 30.5. The first-order valence-corrected chi connectivity index (χ1v) is 10.7. The van der Waals surface area contributed by atoms with Gasteiger partial charge < -0.3 is 14.2 Å². The van der Waals surface area contributed by atoms with Crippen LogP contribution in [0.3, 0.4) is 0 Å². The number of nitrogens with one attached hydrogen (secondary N) is 1. The Balaban J connectivity index is 1.69. The molecule has 172 valence electrons. The molecule has 0 radical (unpaired) electrons. The van der Waals surface area contributed by atoms with Gasteiger partial charge in [0, 0.05) is 21.7 Å². The molecule has 0 fully saturated rings. The maximum Gasteiger partial charge on any atom is 0.271 e. The zero-order valence-electron chi connectivity index (χ0n) is 18.3. The van der Waals surface area contributed by atoms with Gasteiger partial charge in [0.05, 0.1) is 19.9 Å². The smallest absolute Gasteiger partial charge is 0.271 e. The standard InChI is InChI=1S/C25H24ClFN2O4/c1-3-12-32-23-10-8-17(14-24(23)31-2)25(30)29-28-15-19-13-20(26)9-11-22(19)33-16-18-6-4-5-7-21(18)27/h4-11,13-15H,3,12,16H2,1-2H3,(H,29,30)/b28-15+. The molecule has 0 heterocycles. The Kier molecular flexibility index (Phi) is 8.66. The molecule has 0 unspecified atom stereocenters. The number of hydrazone groups is 1. The third-order valence-corrected chi connectivity index (χ3v) is 4.81. The van der Waals surface area contributed by atoms with E-state index in [2.05, 4.69) is 10.5 Å². The van der Waals surface area contributed by atoms with Crippen molar-refractivity contribution >= 4 is 23.7 Å². The van der Waals surface area contributed by atoms with E-state index < -0.39 is 5.91 Å². The molecule has 0 aliphatic rings. The van der Waals surface area contributed by atoms with Crippen molar-refractivity contribution in [1.29, 1.82) is 0 Å². The molecule has 3 aromatic carbocycles. The SMILES string of the molecule is CCCOc1ccc(C(=O)N/N=C/c2cc(Cl)ccc2OCc2ccccc2F)cc1OC. The first-order chi connectivity index (χ1) is 16.0. The second-order valence-corrected chi connectivity index (χ2v) is 7.41. The van der Waals surface area contributed by atoms with E-state index in [1.807, 2.05) is 6.92 Å². The summed E-state index contributed by atoms with van der Waals surface area (Å²) in [6, 6.07) is 16.2. The summed E-state index contributed by atoms with van der Waals surface area (Å²) in [6.45, 7) is 2.59. The Labute approximate surface area is 196 Å². The molecule has 0 saturated heterocycles. The van der Waals surface area contributed by atoms with Crippen molar-refractivity contribution < 1.29 is 23.4 Å². The number of carbonyl (C=O) groups is 1. The topological polar surface area (TPSA) is 69.2 Å². The third-order valence-electron chi connectivity index (χ3n) is 4.57. The highest BCUT2D eigenvalue weighted by Crippen LogP contribution is 2.28. The van der Waals surface area contributed by atoms with Crippen LogP contribution in [0.1, 0.15) is 34.8 Å². The van der Waals surface area contributed by atoms with E-state index in [9.17, 15) is 9.18 Å². The minimum absolute atomic E-state index is 0.0355. The second-order valence-electron chi connectivity index (χ2n) is 6.98. The minimum Gasteiger partial charge on any atom is -0.493 e. The number of carbonyl (C=O) groups excluding carboxylic acids is 1. The zero-order valence-corrected chi connectivity index (χ0v) is 19.1. The van der Waals surface area contributed by atoms with Crippen molar-refractivity contribution in [2.75, 3.05) is 13.7 Å². The summed E-state index contributed by atoms with van der Waals surface area (Å²) >= 11 is 6.09. The number of nitrogens with zero attached hydrogens (tertiary/aromatic N) is 1. The monoisotopic (exact) mass is 470 g/mol. The summed E-state index contributed by atoms with van der Waals surface area (Å²) in [5.74, 6) is 0.686. The number of hydrogen-bond donors (Lipinski definition) is 1. The number of halogens is 2. The predicted octanol–water partition coefficient (Wildman–Crippen LogP) is 5.62. The number of amides is 1. The van der Waals surface area contributed by atoms with Crippen molar-refractivity contribution in [3.8, 4) is 17.2 Å². The lowest BCUT2D eigenvalue weighted by atomic mass is 10.2. The van der Waals surface area contributed by atoms with Crippen LogP contribution >= 0.6 is 11.6 Å². The van der Waals surface area contributed by atoms with Crippen LogP contribution < -0.4 is 19.6 Å². The number of benzene rings is 3. The van der Waals surface area contributed by atoms with E-state index >= 15 is 0 Å². The molecule has 1 amide bonds. The van der Waals surface area contributed by atoms with Gasteiger partial charge in [-0.3, -0.25) is 4.79 Å². The number of hydrogen-bond acceptors (Lipinski definition) is 5. The Bertz CT molecular complexity index is 1140. The summed E-state index contributed by atoms with van der Waals surface area (Å²) in [5, 5.41) is 4.48. The molecule has 0 aromatic heterocycles. The first kappa shape index (κ1) is 24.1. The van der Waals surface area contributed by atoms with Crippen LogP contribution in [0.4, 0.5) is 4.39 Å². The number of methoxy groups -OCH3 is 1. The van der Waals surface area contributed by atoms with Crippen molar-refractivity contribution in [2.45, 2.75) is 20.0 Å². The lowest BCUT2D eigenvalue weighted by Crippen LogP contribution is -2.17. The van der Waals surface area contributed by atoms with Crippen molar-refractivity contribution in [3.63, 3.8) is 0 Å². The second kappa shape index (κ2) is 11.9. The Morgan fingerprint density at radius 1 is 1.06 bits per heavy atom. The van der Waals surface area contributed by atoms with Gasteiger partial charge in [0.25, 0.3) is 5.91 Å². The van der Waals surface area contributed by atoms with Crippen molar-refractivity contribution in [3.05, 3.63) is 88.2 Å². The molecule has 0 atom stereocenters. The van der Waals surface area contributed by atoms with E-state index in [1.54, 1.807) is 54.6 Å². The highest BCUT2D eigenvalue weighted by atomic mass is 35.5. The first-order valence-electron chi connectivity index (χ1n) is 10.3. The maximum absolute atomic E-state index is 13.9. The highest BCUT2D eigenvalue weighted by molar-refractivity contribution is 6.30. The minimum atomic E-state index is -0.428. The fourth-order valence-electron chi connectivity index (χ4n) is 2.89. The number of ether oxygens (including phenoxy) is 3.